The number of hydrogen-bond donors (Lipinski definition) is 2. The highest BCUT2D eigenvalue weighted by atomic mass is 16.5. The fourth-order valence-electron chi connectivity index (χ4n) is 6.48. The number of ether oxygens (including phenoxy) is 1. The predicted octanol–water partition coefficient (Wildman–Crippen LogP) is 2.21. The first-order valence-electron chi connectivity index (χ1n) is 12.1. The van der Waals surface area contributed by atoms with E-state index in [1.807, 2.05) is 44.2 Å². The van der Waals surface area contributed by atoms with Gasteiger partial charge in [0, 0.05) is 13.1 Å². The molecule has 0 aromatic heterocycles. The van der Waals surface area contributed by atoms with Crippen LogP contribution in [0.5, 0.6) is 0 Å². The molecule has 2 unspecified atom stereocenters. The van der Waals surface area contributed by atoms with Gasteiger partial charge in [-0.3, -0.25) is 14.4 Å². The van der Waals surface area contributed by atoms with Gasteiger partial charge >= 0.3 is 5.97 Å². The van der Waals surface area contributed by atoms with Gasteiger partial charge in [0.25, 0.3) is 0 Å². The van der Waals surface area contributed by atoms with Gasteiger partial charge in [-0.1, -0.05) is 50.3 Å². The molecule has 3 aliphatic heterocycles. The molecule has 8 heteroatoms. The lowest BCUT2D eigenvalue weighted by molar-refractivity contribution is -0.160. The molecule has 0 saturated carbocycles. The van der Waals surface area contributed by atoms with E-state index in [4.69, 9.17) is 4.74 Å². The number of rotatable bonds is 10. The topological polar surface area (TPSA) is 107 Å². The van der Waals surface area contributed by atoms with Crippen LogP contribution >= 0.6 is 0 Å². The van der Waals surface area contributed by atoms with Crippen molar-refractivity contribution < 1.29 is 29.3 Å². The smallest absolute Gasteiger partial charge is 0.310 e. The number of aliphatic hydroxyl groups excluding tert-OH is 1. The monoisotopic (exact) mass is 470 g/mol. The highest BCUT2D eigenvalue weighted by Crippen LogP contribution is 2.64. The van der Waals surface area contributed by atoms with E-state index in [0.29, 0.717) is 32.2 Å². The highest BCUT2D eigenvalue weighted by Gasteiger charge is 2.79. The van der Waals surface area contributed by atoms with Crippen molar-refractivity contribution >= 4 is 17.8 Å². The summed E-state index contributed by atoms with van der Waals surface area (Å²) in [6.07, 6.45) is 3.45. The van der Waals surface area contributed by atoms with E-state index in [2.05, 4.69) is 6.58 Å². The third kappa shape index (κ3) is 3.46. The van der Waals surface area contributed by atoms with Gasteiger partial charge in [0.05, 0.1) is 24.2 Å². The minimum atomic E-state index is -1.22. The molecule has 6 atom stereocenters. The quantitative estimate of drug-likeness (QED) is 0.508. The van der Waals surface area contributed by atoms with E-state index in [1.54, 1.807) is 11.0 Å². The Hall–Kier alpha value is -2.71. The summed E-state index contributed by atoms with van der Waals surface area (Å²) in [5, 5.41) is 20.2. The van der Waals surface area contributed by atoms with Crippen LogP contribution in [0.3, 0.4) is 0 Å². The molecule has 3 aliphatic rings. The molecule has 1 aromatic carbocycles. The van der Waals surface area contributed by atoms with Gasteiger partial charge in [0.15, 0.2) is 0 Å². The number of carboxylic acids is 1. The van der Waals surface area contributed by atoms with E-state index in [-0.39, 0.29) is 19.1 Å². The molecule has 34 heavy (non-hydrogen) atoms. The number of aliphatic hydroxyl groups is 1. The standard InChI is InChI=1S/C26H34N2O6/c1-4-14-27(15-17-10-8-7-9-11-17)23(31)21-26-13-12-25(6-3,34-26)20(24(32)33)19(26)22(30)28(21)18(5-2)16-29/h4,7-11,18-21,29H,1,5-6,12-16H2,2-3H3,(H,32,33)/t18-,19-,20-,21?,25+,26?/m0/s1. The molecular formula is C26H34N2O6. The van der Waals surface area contributed by atoms with Crippen LogP contribution < -0.4 is 0 Å². The molecule has 2 bridgehead atoms. The van der Waals surface area contributed by atoms with Crippen molar-refractivity contribution in [1.29, 1.82) is 0 Å². The average Bonchev–Trinajstić information content (AvgIpc) is 3.44. The van der Waals surface area contributed by atoms with Gasteiger partial charge in [-0.2, -0.15) is 0 Å². The zero-order valence-electron chi connectivity index (χ0n) is 19.9. The maximum Gasteiger partial charge on any atom is 0.310 e. The van der Waals surface area contributed by atoms with Gasteiger partial charge in [-0.25, -0.2) is 0 Å². The summed E-state index contributed by atoms with van der Waals surface area (Å²) in [5.41, 5.74) is -1.24. The Kier molecular flexibility index (Phi) is 6.57. The Morgan fingerprint density at radius 3 is 2.56 bits per heavy atom. The number of carbonyl (C=O) groups excluding carboxylic acids is 2. The molecule has 3 saturated heterocycles. The molecule has 3 fully saturated rings. The Labute approximate surface area is 200 Å². The van der Waals surface area contributed by atoms with E-state index >= 15 is 0 Å². The summed E-state index contributed by atoms with van der Waals surface area (Å²) in [5.74, 6) is -3.74. The molecule has 0 radical (unpaired) electrons. The Bertz CT molecular complexity index is 963. The molecule has 2 N–H and O–H groups in total. The summed E-state index contributed by atoms with van der Waals surface area (Å²) >= 11 is 0. The second-order valence-corrected chi connectivity index (χ2v) is 9.65. The number of benzene rings is 1. The summed E-state index contributed by atoms with van der Waals surface area (Å²) in [6, 6.07) is 7.95. The molecule has 0 aliphatic carbocycles. The van der Waals surface area contributed by atoms with Crippen LogP contribution in [0.15, 0.2) is 43.0 Å². The minimum absolute atomic E-state index is 0.268. The molecule has 184 valence electrons. The fourth-order valence-corrected chi connectivity index (χ4v) is 6.48. The van der Waals surface area contributed by atoms with Crippen molar-refractivity contribution in [3.8, 4) is 0 Å². The van der Waals surface area contributed by atoms with Gasteiger partial charge in [0.2, 0.25) is 11.8 Å². The SMILES string of the molecule is C=CCN(Cc1ccccc1)C(=O)C1N([C@@H](CC)CO)C(=O)[C@@H]2[C@@H](C(=O)O)[C@@]3(CC)CCC12O3. The first-order chi connectivity index (χ1) is 16.3. The first kappa shape index (κ1) is 24.4. The van der Waals surface area contributed by atoms with Gasteiger partial charge < -0.3 is 24.7 Å². The number of carboxylic acid groups (broad SMARTS) is 1. The fraction of sp³-hybridized carbons (Fsp3) is 0.577. The second-order valence-electron chi connectivity index (χ2n) is 9.65. The third-order valence-electron chi connectivity index (χ3n) is 8.07. The minimum Gasteiger partial charge on any atom is -0.481 e. The Morgan fingerprint density at radius 2 is 2.00 bits per heavy atom. The van der Waals surface area contributed by atoms with Gasteiger partial charge in [0.1, 0.15) is 17.6 Å². The van der Waals surface area contributed by atoms with Gasteiger partial charge in [-0.15, -0.1) is 6.58 Å². The van der Waals surface area contributed by atoms with Crippen molar-refractivity contribution in [1.82, 2.24) is 9.80 Å². The third-order valence-corrected chi connectivity index (χ3v) is 8.07. The number of fused-ring (bicyclic) bond motifs is 1. The number of aliphatic carboxylic acids is 1. The number of nitrogens with zero attached hydrogens (tertiary/aromatic N) is 2. The van der Waals surface area contributed by atoms with E-state index < -0.39 is 47.0 Å². The van der Waals surface area contributed by atoms with Crippen LogP contribution in [-0.2, 0) is 25.7 Å². The van der Waals surface area contributed by atoms with Crippen molar-refractivity contribution in [2.75, 3.05) is 13.2 Å². The Balaban J connectivity index is 1.80. The predicted molar refractivity (Wildman–Crippen MR) is 125 cm³/mol. The van der Waals surface area contributed by atoms with Crippen molar-refractivity contribution in [2.24, 2.45) is 11.8 Å². The number of amides is 2. The van der Waals surface area contributed by atoms with E-state index in [9.17, 15) is 24.6 Å². The largest absolute Gasteiger partial charge is 0.481 e. The number of carbonyl (C=O) groups is 3. The van der Waals surface area contributed by atoms with Crippen LogP contribution in [0, 0.1) is 11.8 Å². The molecule has 1 spiro atoms. The molecule has 3 heterocycles. The molecular weight excluding hydrogens is 436 g/mol. The second kappa shape index (κ2) is 9.15. The lowest BCUT2D eigenvalue weighted by atomic mass is 9.65. The van der Waals surface area contributed by atoms with Crippen molar-refractivity contribution in [3.63, 3.8) is 0 Å². The van der Waals surface area contributed by atoms with E-state index in [0.717, 1.165) is 5.56 Å². The lowest BCUT2D eigenvalue weighted by Gasteiger charge is -2.39. The molecule has 8 nitrogen and oxygen atoms in total. The Morgan fingerprint density at radius 1 is 1.29 bits per heavy atom. The van der Waals surface area contributed by atoms with Crippen LogP contribution in [0.1, 0.15) is 45.1 Å². The lowest BCUT2D eigenvalue weighted by Crippen LogP contribution is -2.58. The average molecular weight is 471 g/mol. The summed E-state index contributed by atoms with van der Waals surface area (Å²) in [4.78, 5) is 43.5. The molecule has 4 rings (SSSR count). The normalized spacial score (nSPS) is 32.5. The van der Waals surface area contributed by atoms with E-state index in [1.165, 1.54) is 4.90 Å². The maximum absolute atomic E-state index is 14.2. The number of likely N-dealkylation sites (tertiary alicyclic amines) is 1. The van der Waals surface area contributed by atoms with Crippen LogP contribution in [-0.4, -0.2) is 74.2 Å². The summed E-state index contributed by atoms with van der Waals surface area (Å²) in [6.45, 7) is 7.79. The first-order valence-corrected chi connectivity index (χ1v) is 12.1. The molecule has 1 aromatic rings. The summed E-state index contributed by atoms with van der Waals surface area (Å²) < 4.78 is 6.55. The van der Waals surface area contributed by atoms with Crippen molar-refractivity contribution in [3.05, 3.63) is 48.6 Å². The zero-order valence-corrected chi connectivity index (χ0v) is 19.9. The highest BCUT2D eigenvalue weighted by molar-refractivity contribution is 5.98. The van der Waals surface area contributed by atoms with Gasteiger partial charge in [-0.05, 0) is 31.2 Å². The van der Waals surface area contributed by atoms with Crippen LogP contribution in [0.4, 0.5) is 0 Å². The van der Waals surface area contributed by atoms with Crippen molar-refractivity contribution in [2.45, 2.75) is 69.4 Å². The maximum atomic E-state index is 14.2. The van der Waals surface area contributed by atoms with Crippen LogP contribution in [0.25, 0.3) is 0 Å². The number of hydrogen-bond acceptors (Lipinski definition) is 5. The van der Waals surface area contributed by atoms with Crippen LogP contribution in [0.2, 0.25) is 0 Å². The summed E-state index contributed by atoms with van der Waals surface area (Å²) in [7, 11) is 0. The molecule has 2 amide bonds. The zero-order chi connectivity index (χ0) is 24.7.